The number of hydrogen-bond acceptors (Lipinski definition) is 3. The van der Waals surface area contributed by atoms with Crippen LogP contribution in [0.25, 0.3) is 0 Å². The Labute approximate surface area is 112 Å². The molecule has 0 radical (unpaired) electrons. The standard InChI is InChI=1S/C15H17NOS/c1-3-11-4-9-15(14(16)10-11)18-13-7-5-12(17-2)6-8-13/h4-10H,3,16H2,1-2H3. The monoisotopic (exact) mass is 259 g/mol. The molecule has 0 aliphatic rings. The van der Waals surface area contributed by atoms with Gasteiger partial charge in [0.1, 0.15) is 5.75 Å². The van der Waals surface area contributed by atoms with Crippen molar-refractivity contribution in [2.45, 2.75) is 23.1 Å². The van der Waals surface area contributed by atoms with Gasteiger partial charge in [-0.3, -0.25) is 0 Å². The van der Waals surface area contributed by atoms with Gasteiger partial charge in [0.25, 0.3) is 0 Å². The molecule has 0 atom stereocenters. The van der Waals surface area contributed by atoms with Crippen LogP contribution >= 0.6 is 11.8 Å². The third-order valence-electron chi connectivity index (χ3n) is 2.77. The van der Waals surface area contributed by atoms with Crippen molar-refractivity contribution < 1.29 is 4.74 Å². The minimum Gasteiger partial charge on any atom is -0.497 e. The molecule has 0 aliphatic heterocycles. The molecule has 2 aromatic rings. The average Bonchev–Trinajstić information content (AvgIpc) is 2.42. The smallest absolute Gasteiger partial charge is 0.118 e. The number of benzene rings is 2. The van der Waals surface area contributed by atoms with E-state index in [1.807, 2.05) is 30.3 Å². The van der Waals surface area contributed by atoms with E-state index in [1.54, 1.807) is 18.9 Å². The van der Waals surface area contributed by atoms with Gasteiger partial charge in [0.2, 0.25) is 0 Å². The van der Waals surface area contributed by atoms with Crippen LogP contribution in [-0.4, -0.2) is 7.11 Å². The van der Waals surface area contributed by atoms with Crippen molar-refractivity contribution in [2.24, 2.45) is 0 Å². The van der Waals surface area contributed by atoms with Crippen molar-refractivity contribution in [1.29, 1.82) is 0 Å². The molecule has 2 rings (SSSR count). The zero-order chi connectivity index (χ0) is 13.0. The van der Waals surface area contributed by atoms with Gasteiger partial charge in [0.15, 0.2) is 0 Å². The van der Waals surface area contributed by atoms with Crippen LogP contribution in [0.4, 0.5) is 5.69 Å². The van der Waals surface area contributed by atoms with E-state index in [1.165, 1.54) is 5.56 Å². The molecule has 0 fully saturated rings. The molecule has 2 aromatic carbocycles. The Bertz CT molecular complexity index is 523. The molecule has 2 nitrogen and oxygen atoms in total. The van der Waals surface area contributed by atoms with Gasteiger partial charge in [-0.25, -0.2) is 0 Å². The summed E-state index contributed by atoms with van der Waals surface area (Å²) >= 11 is 1.67. The van der Waals surface area contributed by atoms with Crippen LogP contribution in [0, 0.1) is 0 Å². The van der Waals surface area contributed by atoms with Gasteiger partial charge in [0, 0.05) is 15.5 Å². The molecule has 0 saturated heterocycles. The van der Waals surface area contributed by atoms with Crippen molar-refractivity contribution in [1.82, 2.24) is 0 Å². The van der Waals surface area contributed by atoms with Gasteiger partial charge in [-0.15, -0.1) is 0 Å². The zero-order valence-corrected chi connectivity index (χ0v) is 11.5. The molecule has 18 heavy (non-hydrogen) atoms. The molecule has 0 saturated carbocycles. The van der Waals surface area contributed by atoms with Gasteiger partial charge in [-0.2, -0.15) is 0 Å². The maximum Gasteiger partial charge on any atom is 0.118 e. The molecular weight excluding hydrogens is 242 g/mol. The number of ether oxygens (including phenoxy) is 1. The van der Waals surface area contributed by atoms with Crippen LogP contribution in [0.15, 0.2) is 52.3 Å². The number of hydrogen-bond donors (Lipinski definition) is 1. The van der Waals surface area contributed by atoms with E-state index in [-0.39, 0.29) is 0 Å². The van der Waals surface area contributed by atoms with Crippen LogP contribution < -0.4 is 10.5 Å². The number of methoxy groups -OCH3 is 1. The van der Waals surface area contributed by atoms with E-state index in [0.717, 1.165) is 27.6 Å². The quantitative estimate of drug-likeness (QED) is 0.843. The van der Waals surface area contributed by atoms with Crippen molar-refractivity contribution in [3.63, 3.8) is 0 Å². The molecule has 94 valence electrons. The molecule has 0 aromatic heterocycles. The van der Waals surface area contributed by atoms with Gasteiger partial charge in [-0.05, 0) is 48.4 Å². The number of anilines is 1. The highest BCUT2D eigenvalue weighted by Gasteiger charge is 2.03. The van der Waals surface area contributed by atoms with E-state index in [0.29, 0.717) is 0 Å². The highest BCUT2D eigenvalue weighted by Crippen LogP contribution is 2.33. The van der Waals surface area contributed by atoms with Crippen molar-refractivity contribution >= 4 is 17.4 Å². The number of aryl methyl sites for hydroxylation is 1. The fraction of sp³-hybridized carbons (Fsp3) is 0.200. The fourth-order valence-electron chi connectivity index (χ4n) is 1.68. The second-order valence-electron chi connectivity index (χ2n) is 4.00. The normalized spacial score (nSPS) is 10.3. The number of rotatable bonds is 4. The summed E-state index contributed by atoms with van der Waals surface area (Å²) < 4.78 is 5.14. The summed E-state index contributed by atoms with van der Waals surface area (Å²) in [5.41, 5.74) is 8.17. The lowest BCUT2D eigenvalue weighted by Crippen LogP contribution is -1.91. The summed E-state index contributed by atoms with van der Waals surface area (Å²) in [4.78, 5) is 2.25. The molecule has 0 heterocycles. The van der Waals surface area contributed by atoms with Crippen LogP contribution in [0.2, 0.25) is 0 Å². The van der Waals surface area contributed by atoms with Gasteiger partial charge >= 0.3 is 0 Å². The predicted octanol–water partition coefficient (Wildman–Crippen LogP) is 3.99. The Morgan fingerprint density at radius 2 is 1.83 bits per heavy atom. The molecule has 0 spiro atoms. The molecule has 0 aliphatic carbocycles. The molecule has 0 unspecified atom stereocenters. The molecular formula is C15H17NOS. The fourth-order valence-corrected chi connectivity index (χ4v) is 2.52. The topological polar surface area (TPSA) is 35.2 Å². The first-order chi connectivity index (χ1) is 8.72. The molecule has 3 heteroatoms. The SMILES string of the molecule is CCc1ccc(Sc2ccc(OC)cc2)c(N)c1. The summed E-state index contributed by atoms with van der Waals surface area (Å²) in [5.74, 6) is 0.869. The Morgan fingerprint density at radius 3 is 2.39 bits per heavy atom. The summed E-state index contributed by atoms with van der Waals surface area (Å²) in [6.45, 7) is 2.13. The largest absolute Gasteiger partial charge is 0.497 e. The first-order valence-corrected chi connectivity index (χ1v) is 6.75. The van der Waals surface area contributed by atoms with Crippen molar-refractivity contribution in [3.8, 4) is 5.75 Å². The van der Waals surface area contributed by atoms with Gasteiger partial charge in [-0.1, -0.05) is 24.8 Å². The third kappa shape index (κ3) is 2.99. The molecule has 2 N–H and O–H groups in total. The Balaban J connectivity index is 2.17. The van der Waals surface area contributed by atoms with E-state index < -0.39 is 0 Å². The Morgan fingerprint density at radius 1 is 1.11 bits per heavy atom. The highest BCUT2D eigenvalue weighted by atomic mass is 32.2. The third-order valence-corrected chi connectivity index (χ3v) is 3.87. The van der Waals surface area contributed by atoms with E-state index in [4.69, 9.17) is 10.5 Å². The molecule has 0 bridgehead atoms. The van der Waals surface area contributed by atoms with Crippen molar-refractivity contribution in [2.75, 3.05) is 12.8 Å². The van der Waals surface area contributed by atoms with E-state index in [9.17, 15) is 0 Å². The van der Waals surface area contributed by atoms with Crippen LogP contribution in [0.3, 0.4) is 0 Å². The van der Waals surface area contributed by atoms with E-state index in [2.05, 4.69) is 19.1 Å². The lowest BCUT2D eigenvalue weighted by Gasteiger charge is -2.07. The molecule has 0 amide bonds. The van der Waals surface area contributed by atoms with Crippen molar-refractivity contribution in [3.05, 3.63) is 48.0 Å². The average molecular weight is 259 g/mol. The lowest BCUT2D eigenvalue weighted by molar-refractivity contribution is 0.414. The Hall–Kier alpha value is -1.61. The lowest BCUT2D eigenvalue weighted by atomic mass is 10.1. The zero-order valence-electron chi connectivity index (χ0n) is 10.6. The van der Waals surface area contributed by atoms with Crippen LogP contribution in [0.5, 0.6) is 5.75 Å². The number of nitrogens with two attached hydrogens (primary N) is 1. The van der Waals surface area contributed by atoms with Gasteiger partial charge < -0.3 is 10.5 Å². The maximum absolute atomic E-state index is 6.06. The highest BCUT2D eigenvalue weighted by molar-refractivity contribution is 7.99. The summed E-state index contributed by atoms with van der Waals surface area (Å²) in [6.07, 6.45) is 1.01. The summed E-state index contributed by atoms with van der Waals surface area (Å²) in [5, 5.41) is 0. The minimum atomic E-state index is 0.843. The van der Waals surface area contributed by atoms with Crippen LogP contribution in [0.1, 0.15) is 12.5 Å². The van der Waals surface area contributed by atoms with E-state index >= 15 is 0 Å². The summed E-state index contributed by atoms with van der Waals surface area (Å²) in [6, 6.07) is 14.3. The first-order valence-electron chi connectivity index (χ1n) is 5.93. The predicted molar refractivity (Wildman–Crippen MR) is 77.3 cm³/mol. The second-order valence-corrected chi connectivity index (χ2v) is 5.12. The summed E-state index contributed by atoms with van der Waals surface area (Å²) in [7, 11) is 1.67. The van der Waals surface area contributed by atoms with Gasteiger partial charge in [0.05, 0.1) is 7.11 Å². The minimum absolute atomic E-state index is 0.843. The number of nitrogen functional groups attached to an aromatic ring is 1. The van der Waals surface area contributed by atoms with Crippen LogP contribution in [-0.2, 0) is 6.42 Å². The first kappa shape index (κ1) is 12.8. The Kier molecular flexibility index (Phi) is 4.15. The maximum atomic E-state index is 6.06. The second kappa shape index (κ2) is 5.83.